The fraction of sp³-hybridized carbons (Fsp3) is 0.500. The number of amides is 1. The monoisotopic (exact) mass is 343 g/mol. The van der Waals surface area contributed by atoms with Crippen molar-refractivity contribution in [3.05, 3.63) is 47.0 Å². The van der Waals surface area contributed by atoms with Crippen molar-refractivity contribution >= 4 is 5.91 Å². The lowest BCUT2D eigenvalue weighted by atomic mass is 10.0. The highest BCUT2D eigenvalue weighted by atomic mass is 19.1. The second-order valence-electron chi connectivity index (χ2n) is 7.57. The number of halogens is 1. The SMILES string of the molecule is CC(C)CNC(=O)c1c(C2CC2)nn(-c2ccc(F)cc2)c1C(C)C. The first-order valence-electron chi connectivity index (χ1n) is 9.05. The molecule has 0 radical (unpaired) electrons. The summed E-state index contributed by atoms with van der Waals surface area (Å²) in [4.78, 5) is 12.9. The van der Waals surface area contributed by atoms with Crippen LogP contribution in [0.5, 0.6) is 0 Å². The van der Waals surface area contributed by atoms with E-state index in [1.165, 1.54) is 12.1 Å². The van der Waals surface area contributed by atoms with Gasteiger partial charge >= 0.3 is 0 Å². The molecule has 3 rings (SSSR count). The van der Waals surface area contributed by atoms with Gasteiger partial charge in [-0.3, -0.25) is 4.79 Å². The highest BCUT2D eigenvalue weighted by Gasteiger charge is 2.35. The minimum Gasteiger partial charge on any atom is -0.352 e. The zero-order valence-electron chi connectivity index (χ0n) is 15.3. The molecule has 1 aromatic carbocycles. The summed E-state index contributed by atoms with van der Waals surface area (Å²) in [5.41, 5.74) is 3.28. The largest absolute Gasteiger partial charge is 0.352 e. The van der Waals surface area contributed by atoms with Crippen molar-refractivity contribution in [2.24, 2.45) is 5.92 Å². The van der Waals surface area contributed by atoms with Crippen molar-refractivity contribution in [2.45, 2.75) is 52.4 Å². The first-order chi connectivity index (χ1) is 11.9. The third-order valence-corrected chi connectivity index (χ3v) is 4.43. The average molecular weight is 343 g/mol. The zero-order valence-corrected chi connectivity index (χ0v) is 15.3. The van der Waals surface area contributed by atoms with E-state index in [1.807, 2.05) is 4.68 Å². The summed E-state index contributed by atoms with van der Waals surface area (Å²) >= 11 is 0. The second kappa shape index (κ2) is 6.98. The molecule has 2 aromatic rings. The summed E-state index contributed by atoms with van der Waals surface area (Å²) < 4.78 is 15.1. The van der Waals surface area contributed by atoms with Gasteiger partial charge in [0.1, 0.15) is 5.82 Å². The number of hydrogen-bond acceptors (Lipinski definition) is 2. The van der Waals surface area contributed by atoms with Gasteiger partial charge < -0.3 is 5.32 Å². The lowest BCUT2D eigenvalue weighted by Crippen LogP contribution is -2.29. The maximum absolute atomic E-state index is 13.3. The molecule has 5 heteroatoms. The van der Waals surface area contributed by atoms with Crippen LogP contribution < -0.4 is 5.32 Å². The Morgan fingerprint density at radius 3 is 2.40 bits per heavy atom. The standard InChI is InChI=1S/C20H26FN3O/c1-12(2)11-22-20(25)17-18(14-5-6-14)23-24(19(17)13(3)4)16-9-7-15(21)8-10-16/h7-10,12-14H,5-6,11H2,1-4H3,(H,22,25). The lowest BCUT2D eigenvalue weighted by molar-refractivity contribution is 0.0946. The first kappa shape index (κ1) is 17.6. The molecule has 0 atom stereocenters. The van der Waals surface area contributed by atoms with Crippen LogP contribution >= 0.6 is 0 Å². The molecule has 1 amide bonds. The summed E-state index contributed by atoms with van der Waals surface area (Å²) in [6.45, 7) is 8.92. The Kier molecular flexibility index (Phi) is 4.93. The second-order valence-corrected chi connectivity index (χ2v) is 7.57. The lowest BCUT2D eigenvalue weighted by Gasteiger charge is -2.14. The van der Waals surface area contributed by atoms with Gasteiger partial charge in [-0.05, 0) is 48.9 Å². The number of rotatable bonds is 6. The number of benzene rings is 1. The van der Waals surface area contributed by atoms with Crippen LogP contribution in [0.3, 0.4) is 0 Å². The molecule has 134 valence electrons. The molecule has 0 aliphatic heterocycles. The summed E-state index contributed by atoms with van der Waals surface area (Å²) in [5.74, 6) is 0.554. The van der Waals surface area contributed by atoms with E-state index in [1.54, 1.807) is 12.1 Å². The van der Waals surface area contributed by atoms with E-state index < -0.39 is 0 Å². The Balaban J connectivity index is 2.08. The first-order valence-corrected chi connectivity index (χ1v) is 9.05. The van der Waals surface area contributed by atoms with Crippen molar-refractivity contribution in [2.75, 3.05) is 6.54 Å². The normalized spacial score (nSPS) is 14.4. The molecule has 0 spiro atoms. The van der Waals surface area contributed by atoms with Gasteiger partial charge in [-0.1, -0.05) is 27.7 Å². The molecule has 1 fully saturated rings. The molecule has 1 heterocycles. The molecule has 25 heavy (non-hydrogen) atoms. The van der Waals surface area contributed by atoms with Crippen molar-refractivity contribution in [1.29, 1.82) is 0 Å². The van der Waals surface area contributed by atoms with E-state index in [-0.39, 0.29) is 17.6 Å². The molecular weight excluding hydrogens is 317 g/mol. The predicted octanol–water partition coefficient (Wildman–Crippen LogP) is 4.40. The van der Waals surface area contributed by atoms with Gasteiger partial charge in [0, 0.05) is 12.5 Å². The predicted molar refractivity (Wildman–Crippen MR) is 96.8 cm³/mol. The zero-order chi connectivity index (χ0) is 18.1. The van der Waals surface area contributed by atoms with Gasteiger partial charge in [-0.15, -0.1) is 0 Å². The Bertz CT molecular complexity index is 758. The molecule has 1 aliphatic rings. The van der Waals surface area contributed by atoms with E-state index in [0.717, 1.165) is 29.9 Å². The number of carbonyl (C=O) groups excluding carboxylic acids is 1. The van der Waals surface area contributed by atoms with Gasteiger partial charge in [-0.2, -0.15) is 5.10 Å². The van der Waals surface area contributed by atoms with Gasteiger partial charge in [0.25, 0.3) is 5.91 Å². The summed E-state index contributed by atoms with van der Waals surface area (Å²) in [6, 6.07) is 6.27. The fourth-order valence-electron chi connectivity index (χ4n) is 3.02. The van der Waals surface area contributed by atoms with Crippen LogP contribution in [0.1, 0.15) is 74.1 Å². The number of nitrogens with zero attached hydrogens (tertiary/aromatic N) is 2. The van der Waals surface area contributed by atoms with Crippen molar-refractivity contribution < 1.29 is 9.18 Å². The molecule has 1 aliphatic carbocycles. The Morgan fingerprint density at radius 2 is 1.88 bits per heavy atom. The Morgan fingerprint density at radius 1 is 1.24 bits per heavy atom. The fourth-order valence-corrected chi connectivity index (χ4v) is 3.02. The topological polar surface area (TPSA) is 46.9 Å². The van der Waals surface area contributed by atoms with Crippen LogP contribution in [0.4, 0.5) is 4.39 Å². The molecule has 1 aromatic heterocycles. The number of carbonyl (C=O) groups is 1. The number of hydrogen-bond donors (Lipinski definition) is 1. The molecule has 1 N–H and O–H groups in total. The van der Waals surface area contributed by atoms with Crippen molar-refractivity contribution in [3.8, 4) is 5.69 Å². The van der Waals surface area contributed by atoms with Gasteiger partial charge in [0.05, 0.1) is 22.6 Å². The maximum Gasteiger partial charge on any atom is 0.255 e. The quantitative estimate of drug-likeness (QED) is 0.845. The highest BCUT2D eigenvalue weighted by molar-refractivity contribution is 5.97. The highest BCUT2D eigenvalue weighted by Crippen LogP contribution is 2.43. The van der Waals surface area contributed by atoms with Crippen molar-refractivity contribution in [1.82, 2.24) is 15.1 Å². The van der Waals surface area contributed by atoms with Crippen LogP contribution in [-0.2, 0) is 0 Å². The van der Waals surface area contributed by atoms with E-state index in [9.17, 15) is 9.18 Å². The van der Waals surface area contributed by atoms with Gasteiger partial charge in [0.15, 0.2) is 0 Å². The van der Waals surface area contributed by atoms with Crippen LogP contribution in [0, 0.1) is 11.7 Å². The summed E-state index contributed by atoms with van der Waals surface area (Å²) in [5, 5.41) is 7.81. The van der Waals surface area contributed by atoms with E-state index >= 15 is 0 Å². The third kappa shape index (κ3) is 3.75. The Hall–Kier alpha value is -2.17. The molecule has 4 nitrogen and oxygen atoms in total. The van der Waals surface area contributed by atoms with Crippen LogP contribution in [0.15, 0.2) is 24.3 Å². The van der Waals surface area contributed by atoms with Gasteiger partial charge in [0.2, 0.25) is 0 Å². The third-order valence-electron chi connectivity index (χ3n) is 4.43. The minimum atomic E-state index is -0.278. The molecule has 0 bridgehead atoms. The number of aromatic nitrogens is 2. The summed E-state index contributed by atoms with van der Waals surface area (Å²) in [7, 11) is 0. The number of nitrogens with one attached hydrogen (secondary N) is 1. The van der Waals surface area contributed by atoms with Crippen LogP contribution in [-0.4, -0.2) is 22.2 Å². The van der Waals surface area contributed by atoms with E-state index in [0.29, 0.717) is 23.9 Å². The van der Waals surface area contributed by atoms with Gasteiger partial charge in [-0.25, -0.2) is 9.07 Å². The van der Waals surface area contributed by atoms with Crippen LogP contribution in [0.2, 0.25) is 0 Å². The maximum atomic E-state index is 13.3. The van der Waals surface area contributed by atoms with E-state index in [4.69, 9.17) is 5.10 Å². The molecular formula is C20H26FN3O. The summed E-state index contributed by atoms with van der Waals surface area (Å²) in [6.07, 6.45) is 2.14. The molecule has 0 unspecified atom stereocenters. The van der Waals surface area contributed by atoms with Crippen molar-refractivity contribution in [3.63, 3.8) is 0 Å². The van der Waals surface area contributed by atoms with E-state index in [2.05, 4.69) is 33.0 Å². The smallest absolute Gasteiger partial charge is 0.255 e. The van der Waals surface area contributed by atoms with Crippen LogP contribution in [0.25, 0.3) is 5.69 Å². The average Bonchev–Trinajstić information content (AvgIpc) is 3.32. The minimum absolute atomic E-state index is 0.0485. The molecule has 1 saturated carbocycles. The Labute approximate surface area is 148 Å². The molecule has 0 saturated heterocycles.